The maximum absolute atomic E-state index is 5.12. The Bertz CT molecular complexity index is 146. The van der Waals surface area contributed by atoms with Gasteiger partial charge in [0.25, 0.3) is 0 Å². The third kappa shape index (κ3) is 3.10. The first-order chi connectivity index (χ1) is 7.15. The molecule has 0 saturated heterocycles. The van der Waals surface area contributed by atoms with Crippen LogP contribution in [0, 0.1) is 6.10 Å². The smallest absolute Gasteiger partial charge is 0.321 e. The van der Waals surface area contributed by atoms with Crippen molar-refractivity contribution >= 4 is 0 Å². The van der Waals surface area contributed by atoms with E-state index in [-0.39, 0.29) is 6.10 Å². The molecule has 0 heterocycles. The first-order valence-corrected chi connectivity index (χ1v) is 4.28. The summed E-state index contributed by atoms with van der Waals surface area (Å²) < 4.78 is 30.5. The van der Waals surface area contributed by atoms with Crippen LogP contribution in [-0.2, 0) is 28.4 Å². The topological polar surface area (TPSA) is 55.4 Å². The minimum atomic E-state index is -1.44. The van der Waals surface area contributed by atoms with Crippen LogP contribution >= 0.6 is 0 Å². The van der Waals surface area contributed by atoms with E-state index in [1.165, 1.54) is 42.7 Å². The van der Waals surface area contributed by atoms with E-state index in [0.717, 1.165) is 0 Å². The van der Waals surface area contributed by atoms with Gasteiger partial charge in [-0.1, -0.05) is 0 Å². The van der Waals surface area contributed by atoms with Crippen molar-refractivity contribution in [1.82, 2.24) is 0 Å². The highest BCUT2D eigenvalue weighted by molar-refractivity contribution is 4.93. The molecule has 0 unspecified atom stereocenters. The summed E-state index contributed by atoms with van der Waals surface area (Å²) in [5.74, 6) is -1.44. The molecule has 0 atom stereocenters. The largest absolute Gasteiger partial charge is 0.362 e. The molecule has 0 aromatic carbocycles. The zero-order chi connectivity index (χ0) is 11.9. The first-order valence-electron chi connectivity index (χ1n) is 4.28. The first kappa shape index (κ1) is 14.8. The average Bonchev–Trinajstić information content (AvgIpc) is 2.30. The SMILES string of the molecule is CO[C](C(OC)OC)C(OC)(OC)OC. The van der Waals surface area contributed by atoms with Crippen LogP contribution in [0.4, 0.5) is 0 Å². The quantitative estimate of drug-likeness (QED) is 0.554. The molecular weight excluding hydrogens is 204 g/mol. The summed E-state index contributed by atoms with van der Waals surface area (Å²) in [6, 6.07) is 0. The van der Waals surface area contributed by atoms with Gasteiger partial charge in [0.2, 0.25) is 6.10 Å². The summed E-state index contributed by atoms with van der Waals surface area (Å²) in [5, 5.41) is 0. The van der Waals surface area contributed by atoms with Crippen LogP contribution in [0.1, 0.15) is 0 Å². The van der Waals surface area contributed by atoms with Crippen molar-refractivity contribution in [3.63, 3.8) is 0 Å². The fourth-order valence-corrected chi connectivity index (χ4v) is 1.23. The third-order valence-electron chi connectivity index (χ3n) is 1.97. The Labute approximate surface area is 90.3 Å². The maximum Gasteiger partial charge on any atom is 0.321 e. The standard InChI is InChI=1S/C9H19O6/c1-10-7(8(11-2)12-3)9(13-4,14-5)15-6/h8H,1-6H3. The van der Waals surface area contributed by atoms with Gasteiger partial charge in [-0.15, -0.1) is 0 Å². The van der Waals surface area contributed by atoms with Gasteiger partial charge in [0.15, 0.2) is 6.29 Å². The Kier molecular flexibility index (Phi) is 6.99. The zero-order valence-electron chi connectivity index (χ0n) is 10.0. The molecule has 0 fully saturated rings. The van der Waals surface area contributed by atoms with Crippen molar-refractivity contribution in [3.8, 4) is 0 Å². The minimum Gasteiger partial charge on any atom is -0.362 e. The number of hydrogen-bond acceptors (Lipinski definition) is 6. The van der Waals surface area contributed by atoms with Gasteiger partial charge < -0.3 is 28.4 Å². The predicted octanol–water partition coefficient (Wildman–Crippen LogP) is 0.377. The summed E-state index contributed by atoms with van der Waals surface area (Å²) in [5.41, 5.74) is 0. The highest BCUT2D eigenvalue weighted by atomic mass is 16.9. The number of rotatable bonds is 8. The molecule has 0 saturated carbocycles. The Morgan fingerprint density at radius 1 is 0.800 bits per heavy atom. The van der Waals surface area contributed by atoms with E-state index in [9.17, 15) is 0 Å². The number of ether oxygens (including phenoxy) is 6. The second kappa shape index (κ2) is 7.10. The average molecular weight is 223 g/mol. The molecule has 0 aromatic heterocycles. The van der Waals surface area contributed by atoms with E-state index < -0.39 is 12.3 Å². The molecule has 0 amide bonds. The van der Waals surface area contributed by atoms with Gasteiger partial charge in [-0.3, -0.25) is 0 Å². The minimum absolute atomic E-state index is 0.236. The maximum atomic E-state index is 5.12. The molecular formula is C9H19O6. The monoisotopic (exact) mass is 223 g/mol. The summed E-state index contributed by atoms with van der Waals surface area (Å²) in [4.78, 5) is 0. The predicted molar refractivity (Wildman–Crippen MR) is 51.8 cm³/mol. The van der Waals surface area contributed by atoms with Crippen LogP contribution in [0.25, 0.3) is 0 Å². The molecule has 0 bridgehead atoms. The Hall–Kier alpha value is -0.240. The van der Waals surface area contributed by atoms with Gasteiger partial charge >= 0.3 is 5.97 Å². The van der Waals surface area contributed by atoms with Gasteiger partial charge in [0.05, 0.1) is 0 Å². The summed E-state index contributed by atoms with van der Waals surface area (Å²) in [6.07, 6.45) is -0.505. The highest BCUT2D eigenvalue weighted by Crippen LogP contribution is 2.30. The highest BCUT2D eigenvalue weighted by Gasteiger charge is 2.48. The van der Waals surface area contributed by atoms with Gasteiger partial charge in [0.1, 0.15) is 0 Å². The van der Waals surface area contributed by atoms with Crippen LogP contribution in [0.15, 0.2) is 0 Å². The van der Waals surface area contributed by atoms with Gasteiger partial charge in [0, 0.05) is 42.7 Å². The summed E-state index contributed by atoms with van der Waals surface area (Å²) in [7, 11) is 8.67. The lowest BCUT2D eigenvalue weighted by atomic mass is 10.2. The summed E-state index contributed by atoms with van der Waals surface area (Å²) in [6.45, 7) is 0. The Balaban J connectivity index is 4.86. The lowest BCUT2D eigenvalue weighted by molar-refractivity contribution is -0.379. The Morgan fingerprint density at radius 2 is 1.20 bits per heavy atom. The van der Waals surface area contributed by atoms with Crippen molar-refractivity contribution < 1.29 is 28.4 Å². The van der Waals surface area contributed by atoms with Crippen molar-refractivity contribution in [3.05, 3.63) is 6.10 Å². The molecule has 0 spiro atoms. The van der Waals surface area contributed by atoms with Crippen molar-refractivity contribution in [2.24, 2.45) is 0 Å². The molecule has 91 valence electrons. The van der Waals surface area contributed by atoms with Crippen molar-refractivity contribution in [2.75, 3.05) is 42.7 Å². The van der Waals surface area contributed by atoms with Crippen LogP contribution in [-0.4, -0.2) is 54.9 Å². The molecule has 6 heteroatoms. The molecule has 0 aliphatic rings. The van der Waals surface area contributed by atoms with Gasteiger partial charge in [-0.05, 0) is 0 Å². The van der Waals surface area contributed by atoms with Crippen molar-refractivity contribution in [1.29, 1.82) is 0 Å². The van der Waals surface area contributed by atoms with E-state index in [4.69, 9.17) is 28.4 Å². The molecule has 0 aromatic rings. The van der Waals surface area contributed by atoms with Gasteiger partial charge in [-0.2, -0.15) is 0 Å². The zero-order valence-corrected chi connectivity index (χ0v) is 10.0. The normalized spacial score (nSPS) is 12.8. The Morgan fingerprint density at radius 3 is 1.40 bits per heavy atom. The second-order valence-corrected chi connectivity index (χ2v) is 2.54. The molecule has 0 aliphatic carbocycles. The van der Waals surface area contributed by atoms with Crippen LogP contribution in [0.3, 0.4) is 0 Å². The fourth-order valence-electron chi connectivity index (χ4n) is 1.23. The number of methoxy groups -OCH3 is 6. The number of hydrogen-bond donors (Lipinski definition) is 0. The summed E-state index contributed by atoms with van der Waals surface area (Å²) >= 11 is 0. The molecule has 1 radical (unpaired) electrons. The molecule has 0 N–H and O–H groups in total. The van der Waals surface area contributed by atoms with Crippen LogP contribution < -0.4 is 0 Å². The third-order valence-corrected chi connectivity index (χ3v) is 1.97. The fraction of sp³-hybridized carbons (Fsp3) is 0.889. The van der Waals surface area contributed by atoms with E-state index in [2.05, 4.69) is 0 Å². The van der Waals surface area contributed by atoms with E-state index in [0.29, 0.717) is 0 Å². The lowest BCUT2D eigenvalue weighted by Gasteiger charge is -2.36. The van der Waals surface area contributed by atoms with E-state index in [1.54, 1.807) is 0 Å². The molecule has 0 rings (SSSR count). The molecule has 0 aliphatic heterocycles. The lowest BCUT2D eigenvalue weighted by Crippen LogP contribution is -2.49. The van der Waals surface area contributed by atoms with E-state index in [1.807, 2.05) is 0 Å². The van der Waals surface area contributed by atoms with Crippen molar-refractivity contribution in [2.45, 2.75) is 12.3 Å². The van der Waals surface area contributed by atoms with Crippen LogP contribution in [0.5, 0.6) is 0 Å². The van der Waals surface area contributed by atoms with Crippen LogP contribution in [0.2, 0.25) is 0 Å². The van der Waals surface area contributed by atoms with E-state index >= 15 is 0 Å². The molecule has 6 nitrogen and oxygen atoms in total. The second-order valence-electron chi connectivity index (χ2n) is 2.54. The molecule has 15 heavy (non-hydrogen) atoms. The van der Waals surface area contributed by atoms with Gasteiger partial charge in [-0.25, -0.2) is 0 Å².